The summed E-state index contributed by atoms with van der Waals surface area (Å²) in [7, 11) is 0. The van der Waals surface area contributed by atoms with E-state index in [-0.39, 0.29) is 18.0 Å². The van der Waals surface area contributed by atoms with Crippen molar-refractivity contribution in [3.05, 3.63) is 94.0 Å². The van der Waals surface area contributed by atoms with E-state index >= 15 is 0 Å². The van der Waals surface area contributed by atoms with Crippen LogP contribution in [0.5, 0.6) is 11.5 Å². The average Bonchev–Trinajstić information content (AvgIpc) is 2.80. The molecule has 0 fully saturated rings. The molecule has 0 saturated heterocycles. The molecule has 31 heavy (non-hydrogen) atoms. The smallest absolute Gasteiger partial charge is 0.162 e. The van der Waals surface area contributed by atoms with Crippen LogP contribution in [0.3, 0.4) is 0 Å². The van der Waals surface area contributed by atoms with Crippen molar-refractivity contribution in [1.82, 2.24) is 5.32 Å². The summed E-state index contributed by atoms with van der Waals surface area (Å²) in [6, 6.07) is 21.8. The molecule has 0 radical (unpaired) electrons. The van der Waals surface area contributed by atoms with E-state index in [0.717, 1.165) is 28.8 Å². The maximum atomic E-state index is 10.9. The summed E-state index contributed by atoms with van der Waals surface area (Å²) in [5, 5.41) is 15.1. The first-order valence-corrected chi connectivity index (χ1v) is 11.1. The van der Waals surface area contributed by atoms with Gasteiger partial charge in [-0.2, -0.15) is 0 Å². The van der Waals surface area contributed by atoms with Gasteiger partial charge in [0.2, 0.25) is 0 Å². The molecule has 0 aromatic heterocycles. The zero-order valence-electron chi connectivity index (χ0n) is 17.8. The maximum absolute atomic E-state index is 10.9. The summed E-state index contributed by atoms with van der Waals surface area (Å²) in [6.07, 6.45) is 1.33. The third-order valence-electron chi connectivity index (χ3n) is 5.64. The van der Waals surface area contributed by atoms with Crippen LogP contribution in [0.1, 0.15) is 54.7 Å². The summed E-state index contributed by atoms with van der Waals surface area (Å²) >= 11 is 6.50. The van der Waals surface area contributed by atoms with Crippen LogP contribution in [0.25, 0.3) is 0 Å². The lowest BCUT2D eigenvalue weighted by atomic mass is 9.93. The highest BCUT2D eigenvalue weighted by molar-refractivity contribution is 6.31. The second-order valence-electron chi connectivity index (χ2n) is 7.60. The Morgan fingerprint density at radius 2 is 1.74 bits per heavy atom. The van der Waals surface area contributed by atoms with Crippen molar-refractivity contribution in [2.75, 3.05) is 6.61 Å². The number of benzene rings is 3. The molecule has 0 saturated carbocycles. The number of phenols is 1. The zero-order valence-corrected chi connectivity index (χ0v) is 18.6. The van der Waals surface area contributed by atoms with Gasteiger partial charge in [0.25, 0.3) is 0 Å². The average molecular weight is 435 g/mol. The summed E-state index contributed by atoms with van der Waals surface area (Å²) in [5.41, 5.74) is 5.07. The van der Waals surface area contributed by atoms with Gasteiger partial charge in [0.05, 0.1) is 6.61 Å². The first-order chi connectivity index (χ1) is 15.1. The van der Waals surface area contributed by atoms with Gasteiger partial charge in [0.1, 0.15) is 6.17 Å². The normalized spacial score (nSPS) is 18.5. The second kappa shape index (κ2) is 9.54. The predicted octanol–water partition coefficient (Wildman–Crippen LogP) is 6.23. The number of hydrogen-bond acceptors (Lipinski definition) is 4. The first kappa shape index (κ1) is 21.4. The minimum Gasteiger partial charge on any atom is -0.504 e. The van der Waals surface area contributed by atoms with Gasteiger partial charge in [0.15, 0.2) is 11.5 Å². The van der Waals surface area contributed by atoms with E-state index in [1.807, 2.05) is 43.3 Å². The number of aliphatic imine (C=N–C) groups is 1. The number of ether oxygens (including phenoxy) is 1. The summed E-state index contributed by atoms with van der Waals surface area (Å²) < 4.78 is 5.61. The van der Waals surface area contributed by atoms with E-state index in [4.69, 9.17) is 21.3 Å². The highest BCUT2D eigenvalue weighted by atomic mass is 35.5. The van der Waals surface area contributed by atoms with E-state index in [1.54, 1.807) is 6.07 Å². The molecular formula is C26H27ClN2O2. The Hall–Kier alpha value is -2.82. The zero-order chi connectivity index (χ0) is 21.8. The summed E-state index contributed by atoms with van der Waals surface area (Å²) in [4.78, 5) is 5.01. The molecular weight excluding hydrogens is 408 g/mol. The highest BCUT2D eigenvalue weighted by Crippen LogP contribution is 2.39. The van der Waals surface area contributed by atoms with Gasteiger partial charge in [-0.3, -0.25) is 10.3 Å². The number of nitrogens with one attached hydrogen (secondary N) is 1. The lowest BCUT2D eigenvalue weighted by molar-refractivity contribution is 0.313. The van der Waals surface area contributed by atoms with Crippen molar-refractivity contribution in [3.63, 3.8) is 0 Å². The number of halogens is 1. The van der Waals surface area contributed by atoms with Crippen LogP contribution < -0.4 is 10.1 Å². The largest absolute Gasteiger partial charge is 0.504 e. The first-order valence-electron chi connectivity index (χ1n) is 10.7. The molecule has 3 aromatic carbocycles. The minimum atomic E-state index is -0.316. The Kier molecular flexibility index (Phi) is 6.59. The van der Waals surface area contributed by atoms with E-state index < -0.39 is 0 Å². The molecule has 0 amide bonds. The molecule has 4 rings (SSSR count). The number of rotatable bonds is 6. The highest BCUT2D eigenvalue weighted by Gasteiger charge is 2.29. The lowest BCUT2D eigenvalue weighted by Gasteiger charge is -2.31. The van der Waals surface area contributed by atoms with Crippen molar-refractivity contribution in [1.29, 1.82) is 0 Å². The van der Waals surface area contributed by atoms with Crippen molar-refractivity contribution in [2.24, 2.45) is 4.99 Å². The molecule has 0 unspecified atom stereocenters. The molecule has 1 aliphatic rings. The van der Waals surface area contributed by atoms with Crippen molar-refractivity contribution in [2.45, 2.75) is 38.9 Å². The van der Waals surface area contributed by atoms with Crippen LogP contribution >= 0.6 is 11.6 Å². The number of hydrogen-bond donors (Lipinski definition) is 2. The summed E-state index contributed by atoms with van der Waals surface area (Å²) in [6.45, 7) is 4.55. The third-order valence-corrected chi connectivity index (χ3v) is 5.99. The van der Waals surface area contributed by atoms with Gasteiger partial charge < -0.3 is 9.84 Å². The van der Waals surface area contributed by atoms with Gasteiger partial charge in [-0.25, -0.2) is 0 Å². The fourth-order valence-corrected chi connectivity index (χ4v) is 4.20. The predicted molar refractivity (Wildman–Crippen MR) is 126 cm³/mol. The van der Waals surface area contributed by atoms with Crippen LogP contribution in [0, 0.1) is 0 Å². The molecule has 2 N–H and O–H groups in total. The van der Waals surface area contributed by atoms with Gasteiger partial charge in [-0.05, 0) is 36.6 Å². The van der Waals surface area contributed by atoms with Crippen molar-refractivity contribution < 1.29 is 9.84 Å². The second-order valence-corrected chi connectivity index (χ2v) is 8.01. The molecule has 0 spiro atoms. The quantitative estimate of drug-likeness (QED) is 0.483. The molecule has 1 aliphatic heterocycles. The number of nitrogens with zero attached hydrogens (tertiary/aromatic N) is 1. The van der Waals surface area contributed by atoms with Crippen LogP contribution in [0.15, 0.2) is 71.7 Å². The molecule has 5 heteroatoms. The Bertz CT molecular complexity index is 1080. The minimum absolute atomic E-state index is 0.139. The fraction of sp³-hybridized carbons (Fsp3) is 0.269. The van der Waals surface area contributed by atoms with Crippen LogP contribution in [-0.4, -0.2) is 17.4 Å². The monoisotopic (exact) mass is 434 g/mol. The Labute approximate surface area is 188 Å². The molecule has 1 heterocycles. The Morgan fingerprint density at radius 3 is 2.45 bits per heavy atom. The molecule has 0 aliphatic carbocycles. The van der Waals surface area contributed by atoms with Crippen LogP contribution in [0.2, 0.25) is 5.02 Å². The van der Waals surface area contributed by atoms with Crippen molar-refractivity contribution in [3.8, 4) is 11.5 Å². The van der Waals surface area contributed by atoms with E-state index in [9.17, 15) is 5.11 Å². The summed E-state index contributed by atoms with van der Waals surface area (Å²) in [5.74, 6) is 0.662. The van der Waals surface area contributed by atoms with Gasteiger partial charge in [-0.1, -0.05) is 73.1 Å². The van der Waals surface area contributed by atoms with E-state index in [0.29, 0.717) is 23.8 Å². The molecule has 4 nitrogen and oxygen atoms in total. The number of para-hydroxylation sites is 1. The Morgan fingerprint density at radius 1 is 1.00 bits per heavy atom. The van der Waals surface area contributed by atoms with Gasteiger partial charge in [0, 0.05) is 34.3 Å². The van der Waals surface area contributed by atoms with Crippen LogP contribution in [-0.2, 0) is 6.42 Å². The van der Waals surface area contributed by atoms with Gasteiger partial charge >= 0.3 is 0 Å². The van der Waals surface area contributed by atoms with E-state index in [2.05, 4.69) is 36.5 Å². The maximum Gasteiger partial charge on any atom is 0.162 e. The number of aromatic hydroxyl groups is 1. The Balaban J connectivity index is 1.76. The lowest BCUT2D eigenvalue weighted by Crippen LogP contribution is -2.33. The number of aryl methyl sites for hydroxylation is 1. The molecule has 2 atom stereocenters. The topological polar surface area (TPSA) is 53.8 Å². The number of phenolic OH excluding ortho intramolecular Hbond substituents is 1. The van der Waals surface area contributed by atoms with Crippen LogP contribution in [0.4, 0.5) is 0 Å². The molecule has 160 valence electrons. The van der Waals surface area contributed by atoms with Crippen molar-refractivity contribution >= 4 is 17.3 Å². The molecule has 3 aromatic rings. The SMILES string of the molecule is CCOc1cccc([C@@H]2CC(c3ccc(CC)cc3)=N[C@@H](c3ccccc3Cl)N2)c1O. The third kappa shape index (κ3) is 4.60. The standard InChI is InChI=1S/C26H27ClN2O2/c1-3-17-12-14-18(15-13-17)22-16-23(20-9-7-11-24(25(20)30)31-4-2)29-26(28-22)19-8-5-6-10-21(19)27/h5-15,23,26,29-30H,3-4,16H2,1-2H3/t23-,26+/m0/s1. The fourth-order valence-electron chi connectivity index (χ4n) is 3.96. The van der Waals surface area contributed by atoms with Gasteiger partial charge in [-0.15, -0.1) is 0 Å². The van der Waals surface area contributed by atoms with E-state index in [1.165, 1.54) is 5.56 Å². The molecule has 0 bridgehead atoms.